The zero-order valence-electron chi connectivity index (χ0n) is 20.0. The summed E-state index contributed by atoms with van der Waals surface area (Å²) < 4.78 is 2.35. The van der Waals surface area contributed by atoms with Crippen molar-refractivity contribution < 1.29 is 14.7 Å². The molecule has 1 amide bonds. The summed E-state index contributed by atoms with van der Waals surface area (Å²) in [7, 11) is 0. The molecule has 9 heteroatoms. The van der Waals surface area contributed by atoms with Crippen molar-refractivity contribution in [2.75, 3.05) is 52.4 Å². The van der Waals surface area contributed by atoms with Crippen molar-refractivity contribution in [1.29, 1.82) is 0 Å². The zero-order chi connectivity index (χ0) is 23.8. The van der Waals surface area contributed by atoms with Crippen LogP contribution in [0, 0.1) is 5.92 Å². The lowest BCUT2D eigenvalue weighted by molar-refractivity contribution is -0.136. The van der Waals surface area contributed by atoms with Crippen LogP contribution in [0.1, 0.15) is 48.3 Å². The zero-order valence-corrected chi connectivity index (χ0v) is 20.0. The largest absolute Gasteiger partial charge is 0.481 e. The fourth-order valence-electron chi connectivity index (χ4n) is 5.04. The van der Waals surface area contributed by atoms with E-state index in [1.807, 2.05) is 18.2 Å². The SMILES string of the molecule is O=C(O)CCNC(=O)c1ccc2c(c1)nc(CCC1CCNCC1)n2CCCN1CCNCC1. The molecule has 4 rings (SSSR count). The summed E-state index contributed by atoms with van der Waals surface area (Å²) in [6.45, 7) is 8.67. The van der Waals surface area contributed by atoms with Gasteiger partial charge >= 0.3 is 5.97 Å². The Kier molecular flexibility index (Phi) is 8.90. The van der Waals surface area contributed by atoms with E-state index in [1.165, 1.54) is 12.8 Å². The Balaban J connectivity index is 1.46. The molecule has 0 aliphatic carbocycles. The summed E-state index contributed by atoms with van der Waals surface area (Å²) in [6.07, 6.45) is 5.53. The van der Waals surface area contributed by atoms with Gasteiger partial charge in [0.15, 0.2) is 0 Å². The first-order chi connectivity index (χ1) is 16.6. The molecule has 0 unspecified atom stereocenters. The normalized spacial score (nSPS) is 17.8. The molecule has 9 nitrogen and oxygen atoms in total. The molecule has 3 heterocycles. The Bertz CT molecular complexity index is 963. The lowest BCUT2D eigenvalue weighted by Gasteiger charge is -2.27. The van der Waals surface area contributed by atoms with E-state index in [-0.39, 0.29) is 18.9 Å². The number of benzene rings is 1. The van der Waals surface area contributed by atoms with Crippen molar-refractivity contribution in [2.45, 2.75) is 45.1 Å². The van der Waals surface area contributed by atoms with Crippen LogP contribution >= 0.6 is 0 Å². The highest BCUT2D eigenvalue weighted by Crippen LogP contribution is 2.23. The number of nitrogens with zero attached hydrogens (tertiary/aromatic N) is 3. The molecule has 4 N–H and O–H groups in total. The van der Waals surface area contributed by atoms with Gasteiger partial charge in [-0.1, -0.05) is 0 Å². The molecule has 2 aliphatic rings. The number of imidazole rings is 1. The van der Waals surface area contributed by atoms with E-state index in [4.69, 9.17) is 10.1 Å². The van der Waals surface area contributed by atoms with Crippen molar-refractivity contribution in [1.82, 2.24) is 30.4 Å². The summed E-state index contributed by atoms with van der Waals surface area (Å²) in [4.78, 5) is 30.7. The smallest absolute Gasteiger partial charge is 0.305 e. The van der Waals surface area contributed by atoms with Gasteiger partial charge in [0.2, 0.25) is 0 Å². The number of amides is 1. The second-order valence-electron chi connectivity index (χ2n) is 9.46. The standard InChI is InChI=1S/C25H38N6O3/c32-24(33)8-11-28-25(34)20-3-4-22-21(18-20)29-23(5-2-19-6-9-26-10-7-19)31(22)15-1-14-30-16-12-27-13-17-30/h3-4,18-19,26-27H,1-2,5-17H2,(H,28,34)(H,32,33). The second kappa shape index (κ2) is 12.3. The van der Waals surface area contributed by atoms with Gasteiger partial charge < -0.3 is 30.5 Å². The van der Waals surface area contributed by atoms with Gasteiger partial charge in [0.25, 0.3) is 5.91 Å². The third-order valence-corrected chi connectivity index (χ3v) is 7.01. The molecule has 0 atom stereocenters. The van der Waals surface area contributed by atoms with Gasteiger partial charge in [-0.15, -0.1) is 0 Å². The Labute approximate surface area is 201 Å². The number of aryl methyl sites for hydroxylation is 2. The first-order valence-corrected chi connectivity index (χ1v) is 12.7. The number of aliphatic carboxylic acids is 1. The number of carboxylic acids is 1. The van der Waals surface area contributed by atoms with E-state index < -0.39 is 5.97 Å². The first-order valence-electron chi connectivity index (χ1n) is 12.7. The molecular weight excluding hydrogens is 432 g/mol. The van der Waals surface area contributed by atoms with Crippen LogP contribution in [-0.4, -0.2) is 83.8 Å². The molecular formula is C25H38N6O3. The van der Waals surface area contributed by atoms with Gasteiger partial charge in [0.1, 0.15) is 5.82 Å². The van der Waals surface area contributed by atoms with Crippen molar-refractivity contribution >= 4 is 22.9 Å². The van der Waals surface area contributed by atoms with Crippen LogP contribution in [-0.2, 0) is 17.8 Å². The summed E-state index contributed by atoms with van der Waals surface area (Å²) in [6, 6.07) is 5.66. The van der Waals surface area contributed by atoms with Crippen LogP contribution in [0.4, 0.5) is 0 Å². The third-order valence-electron chi connectivity index (χ3n) is 7.01. The highest BCUT2D eigenvalue weighted by Gasteiger charge is 2.18. The van der Waals surface area contributed by atoms with E-state index in [9.17, 15) is 9.59 Å². The number of hydrogen-bond acceptors (Lipinski definition) is 6. The Morgan fingerprint density at radius 2 is 1.85 bits per heavy atom. The van der Waals surface area contributed by atoms with Gasteiger partial charge in [-0.25, -0.2) is 4.98 Å². The van der Waals surface area contributed by atoms with E-state index in [2.05, 4.69) is 25.4 Å². The van der Waals surface area contributed by atoms with Crippen LogP contribution in [0.15, 0.2) is 18.2 Å². The fourth-order valence-corrected chi connectivity index (χ4v) is 5.04. The predicted octanol–water partition coefficient (Wildman–Crippen LogP) is 1.47. The highest BCUT2D eigenvalue weighted by molar-refractivity contribution is 5.97. The number of hydrogen-bond donors (Lipinski definition) is 4. The van der Waals surface area contributed by atoms with E-state index in [0.29, 0.717) is 5.56 Å². The van der Waals surface area contributed by atoms with E-state index in [0.717, 1.165) is 94.4 Å². The lowest BCUT2D eigenvalue weighted by Crippen LogP contribution is -2.43. The highest BCUT2D eigenvalue weighted by atomic mass is 16.4. The maximum Gasteiger partial charge on any atom is 0.305 e. The summed E-state index contributed by atoms with van der Waals surface area (Å²) in [5.41, 5.74) is 2.43. The van der Waals surface area contributed by atoms with Crippen molar-refractivity contribution in [3.05, 3.63) is 29.6 Å². The molecule has 0 radical (unpaired) electrons. The number of fused-ring (bicyclic) bond motifs is 1. The first kappa shape index (κ1) is 24.6. The number of carbonyl (C=O) groups is 2. The lowest BCUT2D eigenvalue weighted by atomic mass is 9.93. The number of aromatic nitrogens is 2. The number of carbonyl (C=O) groups excluding carboxylic acids is 1. The molecule has 0 bridgehead atoms. The van der Waals surface area contributed by atoms with E-state index in [1.54, 1.807) is 0 Å². The quantitative estimate of drug-likeness (QED) is 0.394. The molecule has 0 saturated carbocycles. The molecule has 186 valence electrons. The summed E-state index contributed by atoms with van der Waals surface area (Å²) >= 11 is 0. The third kappa shape index (κ3) is 6.77. The van der Waals surface area contributed by atoms with Crippen LogP contribution in [0.25, 0.3) is 11.0 Å². The summed E-state index contributed by atoms with van der Waals surface area (Å²) in [5.74, 6) is 0.671. The van der Waals surface area contributed by atoms with Gasteiger partial charge in [-0.2, -0.15) is 0 Å². The molecule has 34 heavy (non-hydrogen) atoms. The Morgan fingerprint density at radius 3 is 2.62 bits per heavy atom. The minimum atomic E-state index is -0.922. The maximum atomic E-state index is 12.5. The molecule has 1 aromatic carbocycles. The molecule has 2 fully saturated rings. The van der Waals surface area contributed by atoms with E-state index >= 15 is 0 Å². The second-order valence-corrected chi connectivity index (χ2v) is 9.46. The number of carboxylic acid groups (broad SMARTS) is 1. The minimum Gasteiger partial charge on any atom is -0.481 e. The summed E-state index contributed by atoms with van der Waals surface area (Å²) in [5, 5.41) is 18.3. The van der Waals surface area contributed by atoms with Crippen molar-refractivity contribution in [2.24, 2.45) is 5.92 Å². The molecule has 1 aromatic heterocycles. The number of piperidine rings is 1. The molecule has 2 saturated heterocycles. The molecule has 2 aliphatic heterocycles. The van der Waals surface area contributed by atoms with Gasteiger partial charge in [-0.3, -0.25) is 9.59 Å². The van der Waals surface area contributed by atoms with Crippen LogP contribution in [0.2, 0.25) is 0 Å². The average molecular weight is 471 g/mol. The fraction of sp³-hybridized carbons (Fsp3) is 0.640. The topological polar surface area (TPSA) is 112 Å². The maximum absolute atomic E-state index is 12.5. The van der Waals surface area contributed by atoms with Crippen molar-refractivity contribution in [3.63, 3.8) is 0 Å². The molecule has 0 spiro atoms. The number of nitrogens with one attached hydrogen (secondary N) is 3. The predicted molar refractivity (Wildman–Crippen MR) is 132 cm³/mol. The number of piperazine rings is 1. The molecule has 2 aromatic rings. The number of rotatable bonds is 11. The van der Waals surface area contributed by atoms with Crippen molar-refractivity contribution in [3.8, 4) is 0 Å². The monoisotopic (exact) mass is 470 g/mol. The van der Waals surface area contributed by atoms with Crippen LogP contribution in [0.3, 0.4) is 0 Å². The Hall–Kier alpha value is -2.49. The average Bonchev–Trinajstić information content (AvgIpc) is 3.20. The van der Waals surface area contributed by atoms with Crippen LogP contribution < -0.4 is 16.0 Å². The van der Waals surface area contributed by atoms with Gasteiger partial charge in [0.05, 0.1) is 17.5 Å². The van der Waals surface area contributed by atoms with Gasteiger partial charge in [-0.05, 0) is 69.4 Å². The van der Waals surface area contributed by atoms with Gasteiger partial charge in [0, 0.05) is 51.3 Å². The minimum absolute atomic E-state index is 0.0868. The Morgan fingerprint density at radius 1 is 1.09 bits per heavy atom. The van der Waals surface area contributed by atoms with Crippen LogP contribution in [0.5, 0.6) is 0 Å².